The highest BCUT2D eigenvalue weighted by Gasteiger charge is 2.26. The van der Waals surface area contributed by atoms with Gasteiger partial charge in [0.1, 0.15) is 5.58 Å². The van der Waals surface area contributed by atoms with Gasteiger partial charge >= 0.3 is 5.63 Å². The Hall–Kier alpha value is -4.27. The maximum absolute atomic E-state index is 13.1. The fourth-order valence-corrected chi connectivity index (χ4v) is 5.84. The summed E-state index contributed by atoms with van der Waals surface area (Å²) in [5, 5.41) is 5.67. The number of imidazole rings is 1. The Morgan fingerprint density at radius 3 is 2.59 bits per heavy atom. The second-order valence-corrected chi connectivity index (χ2v) is 10.4. The van der Waals surface area contributed by atoms with Gasteiger partial charge < -0.3 is 9.73 Å². The molecule has 0 fully saturated rings. The third kappa shape index (κ3) is 3.56. The van der Waals surface area contributed by atoms with Gasteiger partial charge in [-0.15, -0.1) is 11.3 Å². The Balaban J connectivity index is 1.53. The number of carbonyl (C=O) groups is 1. The summed E-state index contributed by atoms with van der Waals surface area (Å²) in [5.74, 6) is -0.181. The number of benzene rings is 3. The topological polar surface area (TPSA) is 76.6 Å². The maximum Gasteiger partial charge on any atom is 0.345 e. The molecule has 0 aliphatic carbocycles. The van der Waals surface area contributed by atoms with Crippen LogP contribution in [0.3, 0.4) is 0 Å². The molecule has 3 aromatic heterocycles. The molecule has 0 bridgehead atoms. The highest BCUT2D eigenvalue weighted by molar-refractivity contribution is 9.10. The molecule has 1 amide bonds. The molecule has 0 atom stereocenters. The maximum atomic E-state index is 13.1. The van der Waals surface area contributed by atoms with Crippen molar-refractivity contribution in [1.82, 2.24) is 9.38 Å². The van der Waals surface area contributed by atoms with Crippen molar-refractivity contribution in [3.63, 3.8) is 0 Å². The molecule has 1 aliphatic rings. The summed E-state index contributed by atoms with van der Waals surface area (Å²) >= 11 is 4.93. The van der Waals surface area contributed by atoms with Crippen LogP contribution in [-0.4, -0.2) is 15.3 Å². The van der Waals surface area contributed by atoms with Crippen molar-refractivity contribution in [2.75, 3.05) is 5.32 Å². The summed E-state index contributed by atoms with van der Waals surface area (Å²) in [6, 6.07) is 24.7. The van der Waals surface area contributed by atoms with Gasteiger partial charge in [0.15, 0.2) is 4.96 Å². The molecule has 1 aliphatic heterocycles. The number of thiazole rings is 1. The summed E-state index contributed by atoms with van der Waals surface area (Å²) in [5.41, 5.74) is 5.66. The Bertz CT molecular complexity index is 1960. The number of hydrogen-bond donors (Lipinski definition) is 1. The normalized spacial score (nSPS) is 14.0. The van der Waals surface area contributed by atoms with E-state index in [0.29, 0.717) is 33.1 Å². The molecule has 7 rings (SSSR count). The third-order valence-electron chi connectivity index (χ3n) is 6.43. The van der Waals surface area contributed by atoms with Crippen molar-refractivity contribution in [3.05, 3.63) is 110 Å². The first kappa shape index (κ1) is 22.0. The molecule has 6 aromatic rings. The van der Waals surface area contributed by atoms with Gasteiger partial charge in [0, 0.05) is 32.1 Å². The standard InChI is InChI=1S/C29H16BrN3O3S/c30-18-11-9-16(10-12-18)26-23(14-20-19-6-2-3-7-22(19)31-27(20)34)33-24(15-37-29(33)32-26)21-13-17-5-1-4-8-25(17)36-28(21)35/h1-15H,(H,31,34)/b20-14+. The lowest BCUT2D eigenvalue weighted by Crippen LogP contribution is -2.06. The number of amides is 1. The fourth-order valence-electron chi connectivity index (χ4n) is 4.68. The van der Waals surface area contributed by atoms with E-state index in [1.807, 2.05) is 88.7 Å². The molecule has 0 spiro atoms. The molecule has 3 aromatic carbocycles. The second-order valence-electron chi connectivity index (χ2n) is 8.63. The minimum Gasteiger partial charge on any atom is -0.422 e. The zero-order chi connectivity index (χ0) is 25.1. The Morgan fingerprint density at radius 2 is 1.73 bits per heavy atom. The van der Waals surface area contributed by atoms with Crippen molar-refractivity contribution < 1.29 is 9.21 Å². The minimum absolute atomic E-state index is 0.181. The summed E-state index contributed by atoms with van der Waals surface area (Å²) in [7, 11) is 0. The Kier molecular flexibility index (Phi) is 4.99. The van der Waals surface area contributed by atoms with Crippen LogP contribution in [0.2, 0.25) is 0 Å². The first-order valence-corrected chi connectivity index (χ1v) is 13.2. The second kappa shape index (κ2) is 8.40. The van der Waals surface area contributed by atoms with Gasteiger partial charge in [-0.25, -0.2) is 9.78 Å². The molecule has 0 radical (unpaired) electrons. The van der Waals surface area contributed by atoms with Crippen molar-refractivity contribution in [3.8, 4) is 22.5 Å². The van der Waals surface area contributed by atoms with E-state index in [0.717, 1.165) is 32.4 Å². The molecule has 1 N–H and O–H groups in total. The van der Waals surface area contributed by atoms with Crippen molar-refractivity contribution >= 4 is 66.4 Å². The van der Waals surface area contributed by atoms with Gasteiger partial charge in [0.05, 0.1) is 28.2 Å². The zero-order valence-electron chi connectivity index (χ0n) is 19.1. The van der Waals surface area contributed by atoms with E-state index in [2.05, 4.69) is 21.2 Å². The number of nitrogens with zero attached hydrogens (tertiary/aromatic N) is 2. The molecule has 6 nitrogen and oxygen atoms in total. The van der Waals surface area contributed by atoms with E-state index in [1.165, 1.54) is 11.3 Å². The first-order valence-electron chi connectivity index (χ1n) is 11.5. The van der Waals surface area contributed by atoms with Crippen LogP contribution < -0.4 is 10.9 Å². The van der Waals surface area contributed by atoms with Crippen molar-refractivity contribution in [2.24, 2.45) is 0 Å². The number of anilines is 1. The smallest absolute Gasteiger partial charge is 0.345 e. The molecule has 37 heavy (non-hydrogen) atoms. The minimum atomic E-state index is -0.431. The molecule has 0 unspecified atom stereocenters. The zero-order valence-corrected chi connectivity index (χ0v) is 21.5. The molecule has 0 saturated heterocycles. The summed E-state index contributed by atoms with van der Waals surface area (Å²) in [6.07, 6.45) is 1.86. The van der Waals surface area contributed by atoms with Crippen LogP contribution in [0.1, 0.15) is 11.3 Å². The van der Waals surface area contributed by atoms with E-state index >= 15 is 0 Å². The van der Waals surface area contributed by atoms with E-state index in [-0.39, 0.29) is 5.91 Å². The predicted molar refractivity (Wildman–Crippen MR) is 151 cm³/mol. The van der Waals surface area contributed by atoms with E-state index < -0.39 is 5.63 Å². The monoisotopic (exact) mass is 565 g/mol. The van der Waals surface area contributed by atoms with Gasteiger partial charge in [-0.1, -0.05) is 64.5 Å². The van der Waals surface area contributed by atoms with E-state index in [9.17, 15) is 9.59 Å². The average Bonchev–Trinajstić information content (AvgIpc) is 3.57. The number of halogens is 1. The lowest BCUT2D eigenvalue weighted by atomic mass is 10.0. The molecule has 8 heteroatoms. The fraction of sp³-hybridized carbons (Fsp3) is 0. The lowest BCUT2D eigenvalue weighted by Gasteiger charge is -2.06. The SMILES string of the molecule is O=C1Nc2ccccc2/C1=C\c1c(-c2ccc(Br)cc2)nc2scc(-c3cc4ccccc4oc3=O)n12. The van der Waals surface area contributed by atoms with Gasteiger partial charge in [-0.05, 0) is 36.4 Å². The Labute approximate surface area is 222 Å². The number of rotatable bonds is 3. The van der Waals surface area contributed by atoms with Gasteiger partial charge in [0.2, 0.25) is 0 Å². The van der Waals surface area contributed by atoms with Gasteiger partial charge in [-0.2, -0.15) is 0 Å². The Morgan fingerprint density at radius 1 is 0.946 bits per heavy atom. The van der Waals surface area contributed by atoms with Crippen LogP contribution in [0.25, 0.3) is 50.1 Å². The molecule has 0 saturated carbocycles. The predicted octanol–water partition coefficient (Wildman–Crippen LogP) is 7.09. The van der Waals surface area contributed by atoms with E-state index in [4.69, 9.17) is 9.40 Å². The lowest BCUT2D eigenvalue weighted by molar-refractivity contribution is -0.110. The molecular formula is C29H16BrN3O3S. The molecule has 178 valence electrons. The van der Waals surface area contributed by atoms with Crippen molar-refractivity contribution in [2.45, 2.75) is 0 Å². The number of aromatic nitrogens is 2. The van der Waals surface area contributed by atoms with Crippen LogP contribution in [-0.2, 0) is 4.79 Å². The number of hydrogen-bond acceptors (Lipinski definition) is 5. The van der Waals surface area contributed by atoms with Crippen LogP contribution in [0.15, 0.2) is 97.9 Å². The third-order valence-corrected chi connectivity index (χ3v) is 7.78. The summed E-state index contributed by atoms with van der Waals surface area (Å²) in [6.45, 7) is 0. The highest BCUT2D eigenvalue weighted by atomic mass is 79.9. The van der Waals surface area contributed by atoms with Crippen LogP contribution in [0, 0.1) is 0 Å². The number of nitrogens with one attached hydrogen (secondary N) is 1. The molecular weight excluding hydrogens is 550 g/mol. The van der Waals surface area contributed by atoms with Crippen LogP contribution in [0.4, 0.5) is 5.69 Å². The number of carbonyl (C=O) groups excluding carboxylic acids is 1. The number of fused-ring (bicyclic) bond motifs is 3. The van der Waals surface area contributed by atoms with Crippen LogP contribution >= 0.6 is 27.3 Å². The van der Waals surface area contributed by atoms with E-state index in [1.54, 1.807) is 6.07 Å². The van der Waals surface area contributed by atoms with Gasteiger partial charge in [-0.3, -0.25) is 9.20 Å². The number of para-hydroxylation sites is 2. The van der Waals surface area contributed by atoms with Crippen LogP contribution in [0.5, 0.6) is 0 Å². The van der Waals surface area contributed by atoms with Gasteiger partial charge in [0.25, 0.3) is 5.91 Å². The highest BCUT2D eigenvalue weighted by Crippen LogP contribution is 2.38. The van der Waals surface area contributed by atoms with Crippen molar-refractivity contribution in [1.29, 1.82) is 0 Å². The molecule has 4 heterocycles. The summed E-state index contributed by atoms with van der Waals surface area (Å²) in [4.78, 5) is 31.7. The first-order chi connectivity index (χ1) is 18.1. The quantitative estimate of drug-likeness (QED) is 0.183. The average molecular weight is 566 g/mol. The largest absolute Gasteiger partial charge is 0.422 e. The summed E-state index contributed by atoms with van der Waals surface area (Å²) < 4.78 is 8.53.